The van der Waals surface area contributed by atoms with Crippen LogP contribution in [0.1, 0.15) is 40.0 Å². The number of carboxylic acid groups (broad SMARTS) is 1. The minimum atomic E-state index is -0.835. The number of hydrogen-bond donors (Lipinski definition) is 2. The fourth-order valence-corrected chi connectivity index (χ4v) is 2.55. The lowest BCUT2D eigenvalue weighted by Crippen LogP contribution is -2.26. The smallest absolute Gasteiger partial charge is 0.306 e. The molecule has 1 amide bonds. The van der Waals surface area contributed by atoms with E-state index >= 15 is 0 Å². The average Bonchev–Trinajstić information content (AvgIpc) is 2.40. The van der Waals surface area contributed by atoms with Gasteiger partial charge in [0.05, 0.1) is 16.6 Å². The van der Waals surface area contributed by atoms with Crippen molar-refractivity contribution in [3.05, 3.63) is 29.3 Å². The van der Waals surface area contributed by atoms with Gasteiger partial charge in [0.15, 0.2) is 0 Å². The summed E-state index contributed by atoms with van der Waals surface area (Å²) in [6.07, 6.45) is 1.60. The fourth-order valence-electron chi connectivity index (χ4n) is 2.36. The van der Waals surface area contributed by atoms with Gasteiger partial charge in [0.2, 0.25) is 5.91 Å². The third kappa shape index (κ3) is 6.06. The lowest BCUT2D eigenvalue weighted by molar-refractivity contribution is -0.144. The Morgan fingerprint density at radius 2 is 1.82 bits per heavy atom. The topological polar surface area (TPSA) is 66.4 Å². The van der Waals surface area contributed by atoms with E-state index in [0.717, 1.165) is 6.42 Å². The molecule has 0 saturated heterocycles. The first-order chi connectivity index (χ1) is 10.3. The molecule has 0 saturated carbocycles. The van der Waals surface area contributed by atoms with Crippen LogP contribution in [-0.4, -0.2) is 17.0 Å². The average molecular weight is 326 g/mol. The van der Waals surface area contributed by atoms with E-state index < -0.39 is 11.9 Å². The Kier molecular flexibility index (Phi) is 7.39. The number of carbonyl (C=O) groups is 2. The van der Waals surface area contributed by atoms with Crippen LogP contribution in [-0.2, 0) is 9.59 Å². The maximum atomic E-state index is 12.1. The van der Waals surface area contributed by atoms with Crippen LogP contribution in [0, 0.1) is 17.8 Å². The minimum Gasteiger partial charge on any atom is -0.481 e. The molecular formula is C17H24ClNO3. The van der Waals surface area contributed by atoms with E-state index in [2.05, 4.69) is 19.2 Å². The van der Waals surface area contributed by atoms with Crippen LogP contribution in [0.25, 0.3) is 0 Å². The van der Waals surface area contributed by atoms with E-state index in [1.807, 2.05) is 6.92 Å². The minimum absolute atomic E-state index is 0.167. The number of para-hydroxylation sites is 1. The molecule has 0 heterocycles. The highest BCUT2D eigenvalue weighted by molar-refractivity contribution is 6.33. The van der Waals surface area contributed by atoms with Crippen molar-refractivity contribution in [2.45, 2.75) is 40.0 Å². The van der Waals surface area contributed by atoms with Crippen molar-refractivity contribution in [2.24, 2.45) is 17.8 Å². The molecule has 0 bridgehead atoms. The molecule has 122 valence electrons. The van der Waals surface area contributed by atoms with Crippen LogP contribution in [0.4, 0.5) is 5.69 Å². The van der Waals surface area contributed by atoms with Gasteiger partial charge in [0.25, 0.3) is 0 Å². The third-order valence-electron chi connectivity index (χ3n) is 3.71. The van der Waals surface area contributed by atoms with Gasteiger partial charge in [-0.05, 0) is 30.4 Å². The summed E-state index contributed by atoms with van der Waals surface area (Å²) in [7, 11) is 0. The first-order valence-corrected chi connectivity index (χ1v) is 7.96. The summed E-state index contributed by atoms with van der Waals surface area (Å²) < 4.78 is 0. The van der Waals surface area contributed by atoms with Gasteiger partial charge in [0.1, 0.15) is 0 Å². The second-order valence-electron chi connectivity index (χ2n) is 6.13. The van der Waals surface area contributed by atoms with Gasteiger partial charge < -0.3 is 10.4 Å². The number of carbonyl (C=O) groups excluding carboxylic acids is 1. The number of benzene rings is 1. The maximum Gasteiger partial charge on any atom is 0.306 e. The summed E-state index contributed by atoms with van der Waals surface area (Å²) >= 11 is 5.99. The van der Waals surface area contributed by atoms with Crippen LogP contribution in [0.15, 0.2) is 24.3 Å². The van der Waals surface area contributed by atoms with Crippen molar-refractivity contribution in [2.75, 3.05) is 5.32 Å². The predicted octanol–water partition coefficient (Wildman–Crippen LogP) is 4.44. The molecule has 2 atom stereocenters. The Hall–Kier alpha value is -1.55. The molecule has 1 aromatic rings. The Balaban J connectivity index is 2.61. The van der Waals surface area contributed by atoms with Gasteiger partial charge in [-0.25, -0.2) is 0 Å². The highest BCUT2D eigenvalue weighted by atomic mass is 35.5. The number of amides is 1. The van der Waals surface area contributed by atoms with Crippen LogP contribution in [0.5, 0.6) is 0 Å². The van der Waals surface area contributed by atoms with Crippen LogP contribution >= 0.6 is 11.6 Å². The van der Waals surface area contributed by atoms with Gasteiger partial charge >= 0.3 is 5.97 Å². The summed E-state index contributed by atoms with van der Waals surface area (Å²) in [5.74, 6) is -1.32. The van der Waals surface area contributed by atoms with Gasteiger partial charge in [0, 0.05) is 6.42 Å². The van der Waals surface area contributed by atoms with E-state index in [9.17, 15) is 14.7 Å². The zero-order valence-corrected chi connectivity index (χ0v) is 14.1. The molecule has 0 aliphatic heterocycles. The third-order valence-corrected chi connectivity index (χ3v) is 4.04. The summed E-state index contributed by atoms with van der Waals surface area (Å²) in [4.78, 5) is 23.5. The predicted molar refractivity (Wildman–Crippen MR) is 89.1 cm³/mol. The molecule has 0 aliphatic rings. The zero-order chi connectivity index (χ0) is 16.7. The van der Waals surface area contributed by atoms with Gasteiger partial charge in [-0.3, -0.25) is 9.59 Å². The number of aliphatic carboxylic acids is 1. The van der Waals surface area contributed by atoms with E-state index in [1.54, 1.807) is 24.3 Å². The second kappa shape index (κ2) is 8.79. The number of hydrogen-bond acceptors (Lipinski definition) is 2. The Morgan fingerprint density at radius 1 is 1.18 bits per heavy atom. The van der Waals surface area contributed by atoms with E-state index in [0.29, 0.717) is 23.0 Å². The van der Waals surface area contributed by atoms with E-state index in [1.165, 1.54) is 0 Å². The summed E-state index contributed by atoms with van der Waals surface area (Å²) in [6.45, 7) is 5.94. The highest BCUT2D eigenvalue weighted by Crippen LogP contribution is 2.25. The molecule has 4 nitrogen and oxygen atoms in total. The number of nitrogens with one attached hydrogen (secondary N) is 1. The van der Waals surface area contributed by atoms with Gasteiger partial charge in [-0.1, -0.05) is 50.9 Å². The maximum absolute atomic E-state index is 12.1. The number of carboxylic acids is 1. The van der Waals surface area contributed by atoms with Crippen molar-refractivity contribution in [1.82, 2.24) is 0 Å². The van der Waals surface area contributed by atoms with Crippen LogP contribution in [0.2, 0.25) is 5.02 Å². The largest absolute Gasteiger partial charge is 0.481 e. The quantitative estimate of drug-likeness (QED) is 0.742. The Morgan fingerprint density at radius 3 is 2.36 bits per heavy atom. The molecule has 0 aliphatic carbocycles. The Bertz CT molecular complexity index is 516. The summed E-state index contributed by atoms with van der Waals surface area (Å²) in [5, 5.41) is 12.6. The van der Waals surface area contributed by atoms with Crippen molar-refractivity contribution in [1.29, 1.82) is 0 Å². The van der Waals surface area contributed by atoms with Crippen molar-refractivity contribution < 1.29 is 14.7 Å². The van der Waals surface area contributed by atoms with E-state index in [4.69, 9.17) is 11.6 Å². The van der Waals surface area contributed by atoms with Gasteiger partial charge in [-0.15, -0.1) is 0 Å². The lowest BCUT2D eigenvalue weighted by atomic mass is 9.85. The molecular weight excluding hydrogens is 302 g/mol. The molecule has 0 spiro atoms. The van der Waals surface area contributed by atoms with Crippen LogP contribution in [0.3, 0.4) is 0 Å². The lowest BCUT2D eigenvalue weighted by Gasteiger charge is -2.20. The van der Waals surface area contributed by atoms with Crippen molar-refractivity contribution in [3.8, 4) is 0 Å². The molecule has 2 N–H and O–H groups in total. The standard InChI is InChI=1S/C17H24ClNO3/c1-11(2)8-9-13(17(21)22)12(3)10-16(20)19-15-7-5-4-6-14(15)18/h4-7,11-13H,8-10H2,1-3H3,(H,19,20)(H,21,22). The number of rotatable bonds is 8. The summed E-state index contributed by atoms with van der Waals surface area (Å²) in [5.41, 5.74) is 0.551. The number of anilines is 1. The normalized spacial score (nSPS) is 13.7. The van der Waals surface area contributed by atoms with Crippen molar-refractivity contribution in [3.63, 3.8) is 0 Å². The number of halogens is 1. The first-order valence-electron chi connectivity index (χ1n) is 7.58. The molecule has 22 heavy (non-hydrogen) atoms. The first kappa shape index (κ1) is 18.5. The highest BCUT2D eigenvalue weighted by Gasteiger charge is 2.26. The molecule has 0 aromatic heterocycles. The van der Waals surface area contributed by atoms with E-state index in [-0.39, 0.29) is 18.2 Å². The SMILES string of the molecule is CC(C)CCC(C(=O)O)C(C)CC(=O)Nc1ccccc1Cl. The monoisotopic (exact) mass is 325 g/mol. The Labute approximate surface area is 136 Å². The molecule has 1 rings (SSSR count). The van der Waals surface area contributed by atoms with Gasteiger partial charge in [-0.2, -0.15) is 0 Å². The molecule has 2 unspecified atom stereocenters. The van der Waals surface area contributed by atoms with Crippen LogP contribution < -0.4 is 5.32 Å². The summed E-state index contributed by atoms with van der Waals surface area (Å²) in [6, 6.07) is 6.99. The fraction of sp³-hybridized carbons (Fsp3) is 0.529. The second-order valence-corrected chi connectivity index (χ2v) is 6.53. The zero-order valence-electron chi connectivity index (χ0n) is 13.3. The molecule has 1 aromatic carbocycles. The molecule has 5 heteroatoms. The van der Waals surface area contributed by atoms with Crippen molar-refractivity contribution >= 4 is 29.2 Å². The molecule has 0 fully saturated rings. The molecule has 0 radical (unpaired) electrons.